The van der Waals surface area contributed by atoms with E-state index in [4.69, 9.17) is 9.47 Å². The molecule has 0 aliphatic heterocycles. The average Bonchev–Trinajstić information content (AvgIpc) is 2.97. The highest BCUT2D eigenvalue weighted by Crippen LogP contribution is 2.65. The van der Waals surface area contributed by atoms with Crippen LogP contribution in [-0.2, 0) is 9.47 Å². The van der Waals surface area contributed by atoms with Gasteiger partial charge in [0.25, 0.3) is 0 Å². The normalized spacial score (nSPS) is 47.5. The van der Waals surface area contributed by atoms with E-state index < -0.39 is 0 Å². The van der Waals surface area contributed by atoms with Crippen molar-refractivity contribution in [3.63, 3.8) is 0 Å². The Labute approximate surface area is 158 Å². The van der Waals surface area contributed by atoms with Gasteiger partial charge in [0, 0.05) is 18.9 Å². The van der Waals surface area contributed by atoms with Crippen LogP contribution in [0.2, 0.25) is 0 Å². The minimum atomic E-state index is -0.328. The van der Waals surface area contributed by atoms with Gasteiger partial charge in [0.15, 0.2) is 0 Å². The molecule has 0 aromatic carbocycles. The Morgan fingerprint density at radius 3 is 2.69 bits per heavy atom. The molecule has 0 aromatic rings. The molecular weight excluding hydrogens is 324 g/mol. The maximum absolute atomic E-state index is 11.2. The van der Waals surface area contributed by atoms with E-state index in [-0.39, 0.29) is 17.6 Å². The first-order valence-corrected chi connectivity index (χ1v) is 10.6. The zero-order chi connectivity index (χ0) is 18.5. The summed E-state index contributed by atoms with van der Waals surface area (Å²) in [4.78, 5) is 0. The van der Waals surface area contributed by atoms with Crippen LogP contribution in [0.1, 0.15) is 65.7 Å². The van der Waals surface area contributed by atoms with Gasteiger partial charge in [-0.25, -0.2) is 0 Å². The van der Waals surface area contributed by atoms with E-state index in [0.29, 0.717) is 18.1 Å². The van der Waals surface area contributed by atoms with Gasteiger partial charge in [-0.1, -0.05) is 50.5 Å². The molecule has 3 saturated carbocycles. The van der Waals surface area contributed by atoms with Crippen LogP contribution in [0.4, 0.5) is 0 Å². The van der Waals surface area contributed by atoms with Crippen molar-refractivity contribution in [1.82, 2.24) is 0 Å². The van der Waals surface area contributed by atoms with Crippen LogP contribution in [0.3, 0.4) is 0 Å². The molecule has 0 heterocycles. The van der Waals surface area contributed by atoms with Crippen molar-refractivity contribution in [2.45, 2.75) is 77.9 Å². The first kappa shape index (κ1) is 18.7. The molecule has 0 aromatic heterocycles. The summed E-state index contributed by atoms with van der Waals surface area (Å²) >= 11 is 0. The summed E-state index contributed by atoms with van der Waals surface area (Å²) in [5.74, 6) is 2.10. The molecule has 0 radical (unpaired) electrons. The summed E-state index contributed by atoms with van der Waals surface area (Å²) in [5, 5.41) is 11.2. The Morgan fingerprint density at radius 1 is 1.15 bits per heavy atom. The Bertz CT molecular complexity index is 609. The zero-order valence-corrected chi connectivity index (χ0v) is 17.0. The zero-order valence-electron chi connectivity index (χ0n) is 17.0. The number of hydrogen-bond acceptors (Lipinski definition) is 3. The molecule has 0 bridgehead atoms. The van der Waals surface area contributed by atoms with Crippen LogP contribution < -0.4 is 0 Å². The minimum absolute atomic E-state index is 0.0732. The number of allylic oxidation sites excluding steroid dienone is 3. The predicted molar refractivity (Wildman–Crippen MR) is 104 cm³/mol. The lowest BCUT2D eigenvalue weighted by Gasteiger charge is -2.56. The van der Waals surface area contributed by atoms with Crippen molar-refractivity contribution in [3.8, 4) is 0 Å². The van der Waals surface area contributed by atoms with E-state index in [2.05, 4.69) is 32.9 Å². The summed E-state index contributed by atoms with van der Waals surface area (Å²) in [5.41, 5.74) is 3.40. The molecule has 4 rings (SSSR count). The summed E-state index contributed by atoms with van der Waals surface area (Å²) in [6.45, 7) is 7.54. The lowest BCUT2D eigenvalue weighted by Crippen LogP contribution is -2.52. The highest BCUT2D eigenvalue weighted by Gasteiger charge is 2.58. The molecule has 3 fully saturated rings. The van der Waals surface area contributed by atoms with Gasteiger partial charge in [-0.15, -0.1) is 0 Å². The van der Waals surface area contributed by atoms with Crippen LogP contribution in [-0.4, -0.2) is 31.2 Å². The van der Waals surface area contributed by atoms with Gasteiger partial charge in [-0.2, -0.15) is 0 Å². The quantitative estimate of drug-likeness (QED) is 0.728. The van der Waals surface area contributed by atoms with Gasteiger partial charge in [-0.05, 0) is 55.3 Å². The van der Waals surface area contributed by atoms with Crippen molar-refractivity contribution < 1.29 is 14.6 Å². The summed E-state index contributed by atoms with van der Waals surface area (Å²) in [7, 11) is 1.66. The van der Waals surface area contributed by atoms with Crippen LogP contribution in [0.5, 0.6) is 0 Å². The maximum atomic E-state index is 11.2. The highest BCUT2D eigenvalue weighted by molar-refractivity contribution is 5.40. The molecule has 0 unspecified atom stereocenters. The molecule has 26 heavy (non-hydrogen) atoms. The molecule has 4 aliphatic carbocycles. The first-order chi connectivity index (χ1) is 12.4. The van der Waals surface area contributed by atoms with Crippen LogP contribution in [0.25, 0.3) is 0 Å². The van der Waals surface area contributed by atoms with Gasteiger partial charge in [0.1, 0.15) is 6.79 Å². The van der Waals surface area contributed by atoms with Crippen LogP contribution in [0, 0.1) is 28.6 Å². The third-order valence-electron chi connectivity index (χ3n) is 8.74. The Hall–Kier alpha value is -0.640. The fourth-order valence-corrected chi connectivity index (χ4v) is 7.10. The molecule has 1 N–H and O–H groups in total. The van der Waals surface area contributed by atoms with Crippen molar-refractivity contribution in [3.05, 3.63) is 23.3 Å². The van der Waals surface area contributed by atoms with Gasteiger partial charge < -0.3 is 14.6 Å². The number of methoxy groups -OCH3 is 1. The third kappa shape index (κ3) is 2.57. The second-order valence-corrected chi connectivity index (χ2v) is 9.62. The number of rotatable bonds is 4. The van der Waals surface area contributed by atoms with Gasteiger partial charge in [0.2, 0.25) is 0 Å². The van der Waals surface area contributed by atoms with Crippen molar-refractivity contribution in [1.29, 1.82) is 0 Å². The Kier molecular flexibility index (Phi) is 4.86. The third-order valence-corrected chi connectivity index (χ3v) is 8.74. The van der Waals surface area contributed by atoms with E-state index in [0.717, 1.165) is 24.7 Å². The molecule has 7 atom stereocenters. The number of fused-ring (bicyclic) bond motifs is 5. The average molecular weight is 361 g/mol. The van der Waals surface area contributed by atoms with Crippen molar-refractivity contribution in [2.24, 2.45) is 28.6 Å². The maximum Gasteiger partial charge on any atom is 0.146 e. The molecule has 0 spiro atoms. The van der Waals surface area contributed by atoms with Crippen molar-refractivity contribution in [2.75, 3.05) is 13.9 Å². The summed E-state index contributed by atoms with van der Waals surface area (Å²) < 4.78 is 10.9. The molecule has 0 saturated heterocycles. The predicted octanol–water partition coefficient (Wildman–Crippen LogP) is 4.86. The minimum Gasteiger partial charge on any atom is -0.392 e. The number of aliphatic hydroxyl groups is 1. The van der Waals surface area contributed by atoms with Gasteiger partial charge >= 0.3 is 0 Å². The monoisotopic (exact) mass is 360 g/mol. The SMILES string of the molecule is CC[C@H]1CC[C@H]2C3=CC=C4C[C@@H](OCOC)C[C@H](O)[C@]4(C)[C@H]3CC[C@]12C. The Morgan fingerprint density at radius 2 is 1.96 bits per heavy atom. The van der Waals surface area contributed by atoms with E-state index in [9.17, 15) is 5.11 Å². The first-order valence-electron chi connectivity index (χ1n) is 10.6. The summed E-state index contributed by atoms with van der Waals surface area (Å²) in [6, 6.07) is 0. The molecule has 3 nitrogen and oxygen atoms in total. The lowest BCUT2D eigenvalue weighted by molar-refractivity contribution is -0.116. The summed E-state index contributed by atoms with van der Waals surface area (Å²) in [6.07, 6.45) is 12.7. The highest BCUT2D eigenvalue weighted by atomic mass is 16.7. The molecule has 146 valence electrons. The molecular formula is C23H36O3. The van der Waals surface area contributed by atoms with E-state index in [1.54, 1.807) is 12.7 Å². The van der Waals surface area contributed by atoms with Crippen LogP contribution in [0.15, 0.2) is 23.3 Å². The molecule has 0 amide bonds. The number of hydrogen-bond donors (Lipinski definition) is 1. The second-order valence-electron chi connectivity index (χ2n) is 9.62. The number of ether oxygens (including phenoxy) is 2. The molecule has 3 heteroatoms. The second kappa shape index (κ2) is 6.76. The largest absolute Gasteiger partial charge is 0.392 e. The molecule has 4 aliphatic rings. The van der Waals surface area contributed by atoms with Gasteiger partial charge in [0.05, 0.1) is 12.2 Å². The lowest BCUT2D eigenvalue weighted by atomic mass is 9.49. The van der Waals surface area contributed by atoms with Crippen LogP contribution >= 0.6 is 0 Å². The Balaban J connectivity index is 1.64. The fraction of sp³-hybridized carbons (Fsp3) is 0.826. The smallest absolute Gasteiger partial charge is 0.146 e. The van der Waals surface area contributed by atoms with E-state index in [1.165, 1.54) is 37.7 Å². The van der Waals surface area contributed by atoms with Crippen molar-refractivity contribution >= 4 is 0 Å². The topological polar surface area (TPSA) is 38.7 Å². The van der Waals surface area contributed by atoms with E-state index in [1.807, 2.05) is 0 Å². The van der Waals surface area contributed by atoms with Gasteiger partial charge in [-0.3, -0.25) is 0 Å². The standard InChI is InChI=1S/C23H36O3/c1-5-15-7-9-19-18-8-6-16-12-17(26-14-25-4)13-21(24)23(16,3)20(18)10-11-22(15,19)2/h6,8,15,17,19-21,24H,5,7,9-14H2,1-4H3/t15-,17+,19-,20-,21-,22+,23-/m0/s1. The number of aliphatic hydroxyl groups excluding tert-OH is 1. The fourth-order valence-electron chi connectivity index (χ4n) is 7.10. The van der Waals surface area contributed by atoms with E-state index >= 15 is 0 Å².